The molecule has 2 amide bonds. The lowest BCUT2D eigenvalue weighted by Crippen LogP contribution is -2.42. The smallest absolute Gasteiger partial charge is 0.265 e. The zero-order chi connectivity index (χ0) is 18.6. The number of hydrogen-bond acceptors (Lipinski definition) is 3. The van der Waals surface area contributed by atoms with Gasteiger partial charge in [0.1, 0.15) is 5.75 Å². The lowest BCUT2D eigenvalue weighted by Gasteiger charge is -2.29. The van der Waals surface area contributed by atoms with Gasteiger partial charge in [-0.25, -0.2) is 0 Å². The van der Waals surface area contributed by atoms with Gasteiger partial charge >= 0.3 is 0 Å². The molecule has 0 aromatic heterocycles. The molecule has 26 heavy (non-hydrogen) atoms. The van der Waals surface area contributed by atoms with E-state index in [0.717, 1.165) is 5.69 Å². The number of carbonyl (C=O) groups is 2. The first-order valence-corrected chi connectivity index (χ1v) is 8.82. The molecular formula is C21H24N2O3. The number of ether oxygens (including phenoxy) is 1. The van der Waals surface area contributed by atoms with Crippen LogP contribution in [0.2, 0.25) is 0 Å². The topological polar surface area (TPSA) is 58.6 Å². The molecule has 2 aromatic rings. The van der Waals surface area contributed by atoms with Crippen LogP contribution in [-0.4, -0.2) is 31.5 Å². The van der Waals surface area contributed by atoms with Gasteiger partial charge in [-0.3, -0.25) is 9.59 Å². The van der Waals surface area contributed by atoms with Crippen LogP contribution in [0.1, 0.15) is 25.8 Å². The summed E-state index contributed by atoms with van der Waals surface area (Å²) in [6.07, 6.45) is 0.255. The first-order chi connectivity index (χ1) is 12.5. The van der Waals surface area contributed by atoms with Gasteiger partial charge in [-0.15, -0.1) is 0 Å². The zero-order valence-electron chi connectivity index (χ0n) is 15.2. The maximum Gasteiger partial charge on any atom is 0.265 e. The Morgan fingerprint density at radius 3 is 2.58 bits per heavy atom. The van der Waals surface area contributed by atoms with Crippen LogP contribution in [0.25, 0.3) is 0 Å². The van der Waals surface area contributed by atoms with Crippen molar-refractivity contribution in [3.8, 4) is 5.75 Å². The molecule has 1 aliphatic rings. The Morgan fingerprint density at radius 2 is 1.81 bits per heavy atom. The molecule has 0 bridgehead atoms. The van der Waals surface area contributed by atoms with E-state index in [1.165, 1.54) is 5.56 Å². The fraction of sp³-hybridized carbons (Fsp3) is 0.333. The number of fused-ring (bicyclic) bond motifs is 1. The summed E-state index contributed by atoms with van der Waals surface area (Å²) in [6.45, 7) is 5.11. The van der Waals surface area contributed by atoms with E-state index in [2.05, 4.69) is 31.3 Å². The molecule has 0 saturated heterocycles. The minimum atomic E-state index is -0.154. The third-order valence-corrected chi connectivity index (χ3v) is 4.65. The molecule has 0 unspecified atom stereocenters. The van der Waals surface area contributed by atoms with Crippen molar-refractivity contribution in [3.05, 3.63) is 60.2 Å². The lowest BCUT2D eigenvalue weighted by atomic mass is 9.84. The molecule has 1 aliphatic heterocycles. The average molecular weight is 352 g/mol. The number of rotatable bonds is 6. The van der Waals surface area contributed by atoms with E-state index in [0.29, 0.717) is 18.8 Å². The molecule has 0 atom stereocenters. The summed E-state index contributed by atoms with van der Waals surface area (Å²) in [5.41, 5.74) is 1.75. The van der Waals surface area contributed by atoms with Crippen LogP contribution >= 0.6 is 0 Å². The van der Waals surface area contributed by atoms with Gasteiger partial charge in [0.05, 0.1) is 5.69 Å². The second-order valence-corrected chi connectivity index (χ2v) is 7.08. The Morgan fingerprint density at radius 1 is 1.12 bits per heavy atom. The van der Waals surface area contributed by atoms with Crippen LogP contribution in [0.3, 0.4) is 0 Å². The quantitative estimate of drug-likeness (QED) is 0.870. The number of carbonyl (C=O) groups excluding carboxylic acids is 2. The summed E-state index contributed by atoms with van der Waals surface area (Å²) in [4.78, 5) is 26.1. The molecule has 5 heteroatoms. The first kappa shape index (κ1) is 18.0. The van der Waals surface area contributed by atoms with Crippen molar-refractivity contribution in [2.45, 2.75) is 25.7 Å². The Labute approximate surface area is 154 Å². The highest BCUT2D eigenvalue weighted by molar-refractivity contribution is 5.98. The van der Waals surface area contributed by atoms with Crippen LogP contribution in [0.15, 0.2) is 54.6 Å². The highest BCUT2D eigenvalue weighted by atomic mass is 16.5. The summed E-state index contributed by atoms with van der Waals surface area (Å²) in [5, 5.41) is 2.99. The number of para-hydroxylation sites is 2. The number of amides is 2. The van der Waals surface area contributed by atoms with E-state index in [1.54, 1.807) is 4.90 Å². The molecule has 136 valence electrons. The summed E-state index contributed by atoms with van der Waals surface area (Å²) in [6, 6.07) is 17.5. The first-order valence-electron chi connectivity index (χ1n) is 8.82. The summed E-state index contributed by atoms with van der Waals surface area (Å²) in [5.74, 6) is 0.490. The monoisotopic (exact) mass is 352 g/mol. The predicted octanol–water partition coefficient (Wildman–Crippen LogP) is 2.90. The summed E-state index contributed by atoms with van der Waals surface area (Å²) < 4.78 is 5.42. The highest BCUT2D eigenvalue weighted by Crippen LogP contribution is 2.31. The third-order valence-electron chi connectivity index (χ3n) is 4.65. The van der Waals surface area contributed by atoms with E-state index < -0.39 is 0 Å². The Balaban J connectivity index is 1.56. The minimum Gasteiger partial charge on any atom is -0.482 e. The Bertz CT molecular complexity index is 787. The van der Waals surface area contributed by atoms with Crippen molar-refractivity contribution in [2.24, 2.45) is 0 Å². The van der Waals surface area contributed by atoms with Gasteiger partial charge in [0, 0.05) is 24.9 Å². The summed E-state index contributed by atoms with van der Waals surface area (Å²) >= 11 is 0. The number of hydrogen-bond donors (Lipinski definition) is 1. The van der Waals surface area contributed by atoms with E-state index in [1.807, 2.05) is 42.5 Å². The maximum absolute atomic E-state index is 12.3. The van der Waals surface area contributed by atoms with E-state index in [-0.39, 0.29) is 30.3 Å². The fourth-order valence-electron chi connectivity index (χ4n) is 3.01. The molecule has 3 rings (SSSR count). The van der Waals surface area contributed by atoms with Gasteiger partial charge < -0.3 is 15.0 Å². The molecule has 2 aromatic carbocycles. The van der Waals surface area contributed by atoms with Crippen LogP contribution in [0, 0.1) is 0 Å². The van der Waals surface area contributed by atoms with Gasteiger partial charge in [0.15, 0.2) is 6.61 Å². The minimum absolute atomic E-state index is 0.0136. The molecule has 0 fully saturated rings. The Kier molecular flexibility index (Phi) is 5.26. The van der Waals surface area contributed by atoms with E-state index in [4.69, 9.17) is 4.74 Å². The van der Waals surface area contributed by atoms with Gasteiger partial charge in [0.2, 0.25) is 5.91 Å². The lowest BCUT2D eigenvalue weighted by molar-refractivity contribution is -0.122. The molecule has 5 nitrogen and oxygen atoms in total. The maximum atomic E-state index is 12.3. The molecule has 0 saturated carbocycles. The van der Waals surface area contributed by atoms with E-state index >= 15 is 0 Å². The van der Waals surface area contributed by atoms with Crippen LogP contribution in [0.4, 0.5) is 5.69 Å². The number of nitrogens with one attached hydrogen (secondary N) is 1. The largest absolute Gasteiger partial charge is 0.482 e. The summed E-state index contributed by atoms with van der Waals surface area (Å²) in [7, 11) is 0. The van der Waals surface area contributed by atoms with Gasteiger partial charge in [-0.1, -0.05) is 56.3 Å². The second-order valence-electron chi connectivity index (χ2n) is 7.08. The van der Waals surface area contributed by atoms with Gasteiger partial charge in [-0.05, 0) is 17.7 Å². The molecular weight excluding hydrogens is 328 g/mol. The van der Waals surface area contributed by atoms with Crippen molar-refractivity contribution < 1.29 is 14.3 Å². The normalized spacial score (nSPS) is 13.8. The number of anilines is 1. The van der Waals surface area contributed by atoms with Crippen molar-refractivity contribution in [3.63, 3.8) is 0 Å². The average Bonchev–Trinajstić information content (AvgIpc) is 2.66. The molecule has 0 aliphatic carbocycles. The van der Waals surface area contributed by atoms with Crippen LogP contribution < -0.4 is 15.0 Å². The molecule has 1 heterocycles. The standard InChI is InChI=1S/C21H24N2O3/c1-21(2,16-8-4-3-5-9-16)15-22-19(24)12-13-23-17-10-6-7-11-18(17)26-14-20(23)25/h3-11H,12-15H2,1-2H3,(H,22,24). The Hall–Kier alpha value is -2.82. The van der Waals surface area contributed by atoms with Crippen molar-refractivity contribution in [1.82, 2.24) is 5.32 Å². The molecule has 0 radical (unpaired) electrons. The van der Waals surface area contributed by atoms with Crippen LogP contribution in [0.5, 0.6) is 5.75 Å². The predicted molar refractivity (Wildman–Crippen MR) is 101 cm³/mol. The third kappa shape index (κ3) is 4.04. The fourth-order valence-corrected chi connectivity index (χ4v) is 3.01. The van der Waals surface area contributed by atoms with Crippen molar-refractivity contribution >= 4 is 17.5 Å². The van der Waals surface area contributed by atoms with Crippen molar-refractivity contribution in [1.29, 1.82) is 0 Å². The number of benzene rings is 2. The van der Waals surface area contributed by atoms with Crippen molar-refractivity contribution in [2.75, 3.05) is 24.6 Å². The second kappa shape index (κ2) is 7.60. The van der Waals surface area contributed by atoms with E-state index in [9.17, 15) is 9.59 Å². The molecule has 1 N–H and O–H groups in total. The number of nitrogens with zero attached hydrogens (tertiary/aromatic N) is 1. The van der Waals surface area contributed by atoms with Gasteiger partial charge in [0.25, 0.3) is 5.91 Å². The van der Waals surface area contributed by atoms with Crippen LogP contribution in [-0.2, 0) is 15.0 Å². The zero-order valence-corrected chi connectivity index (χ0v) is 15.2. The molecule has 0 spiro atoms. The SMILES string of the molecule is CC(C)(CNC(=O)CCN1C(=O)COc2ccccc21)c1ccccc1. The highest BCUT2D eigenvalue weighted by Gasteiger charge is 2.26. The van der Waals surface area contributed by atoms with Gasteiger partial charge in [-0.2, -0.15) is 0 Å².